The topological polar surface area (TPSA) is 58.2 Å². The van der Waals surface area contributed by atoms with Crippen LogP contribution in [0.2, 0.25) is 0 Å². The Bertz CT molecular complexity index is 1510. The van der Waals surface area contributed by atoms with Crippen molar-refractivity contribution in [2.75, 3.05) is 13.1 Å². The fourth-order valence-electron chi connectivity index (χ4n) is 7.42. The Hall–Kier alpha value is -3.23. The van der Waals surface area contributed by atoms with Gasteiger partial charge in [-0.2, -0.15) is 24.3 Å². The Morgan fingerprint density at radius 1 is 0.610 bits per heavy atom. The molecule has 4 nitrogen and oxygen atoms in total. The molecule has 9 heteroatoms. The van der Waals surface area contributed by atoms with E-state index >= 15 is 0 Å². The summed E-state index contributed by atoms with van der Waals surface area (Å²) in [4.78, 5) is 24.8. The molecule has 0 spiro atoms. The first-order valence-electron chi connectivity index (χ1n) is 21.5. The normalized spacial score (nSPS) is 16.1. The maximum Gasteiger partial charge on any atom is 4.00 e. The van der Waals surface area contributed by atoms with E-state index in [4.69, 9.17) is 0 Å². The van der Waals surface area contributed by atoms with E-state index < -0.39 is 34.1 Å². The second-order valence-electron chi connectivity index (χ2n) is 17.2. The largest absolute Gasteiger partial charge is 4.00 e. The summed E-state index contributed by atoms with van der Waals surface area (Å²) in [5, 5.41) is 5.78. The van der Waals surface area contributed by atoms with Crippen LogP contribution in [0, 0.1) is 70.2 Å². The van der Waals surface area contributed by atoms with Crippen LogP contribution in [0.3, 0.4) is 0 Å². The molecule has 2 aromatic rings. The molecule has 2 saturated carbocycles. The summed E-state index contributed by atoms with van der Waals surface area (Å²) in [5.41, 5.74) is -0.0797. The van der Waals surface area contributed by atoms with Crippen molar-refractivity contribution in [2.24, 2.45) is 22.7 Å². The van der Waals surface area contributed by atoms with Gasteiger partial charge in [0.2, 0.25) is 11.8 Å². The fourth-order valence-corrected chi connectivity index (χ4v) is 7.42. The van der Waals surface area contributed by atoms with E-state index in [1.54, 1.807) is 0 Å². The SMILES string of the molecule is CC(C)(CCC1CCCCC1)C(=O)NCCc1ccc(F)[c-]c1F.CC(C)(CCC1CCCCC1)C(=O)NCCc1ccc(F)[c-]c1F.[C-]1=CC=CC1.[C-]1=CC=CC1.[Ti+4]. The van der Waals surface area contributed by atoms with E-state index in [0.29, 0.717) is 37.1 Å². The van der Waals surface area contributed by atoms with Gasteiger partial charge in [-0.25, -0.2) is 41.9 Å². The molecule has 0 heterocycles. The summed E-state index contributed by atoms with van der Waals surface area (Å²) in [6, 6.07) is 9.22. The Labute approximate surface area is 368 Å². The molecule has 2 amide bonds. The van der Waals surface area contributed by atoms with E-state index in [0.717, 1.165) is 50.4 Å². The molecule has 4 aliphatic carbocycles. The summed E-state index contributed by atoms with van der Waals surface area (Å²) >= 11 is 0. The second-order valence-corrected chi connectivity index (χ2v) is 17.2. The molecule has 0 bridgehead atoms. The third-order valence-electron chi connectivity index (χ3n) is 11.4. The summed E-state index contributed by atoms with van der Waals surface area (Å²) in [6.45, 7) is 8.58. The van der Waals surface area contributed by atoms with E-state index in [1.807, 2.05) is 64.1 Å². The van der Waals surface area contributed by atoms with Crippen molar-refractivity contribution in [3.63, 3.8) is 0 Å². The van der Waals surface area contributed by atoms with E-state index in [9.17, 15) is 27.2 Å². The summed E-state index contributed by atoms with van der Waals surface area (Å²) in [7, 11) is 0. The van der Waals surface area contributed by atoms with Gasteiger partial charge in [-0.3, -0.25) is 21.7 Å². The Morgan fingerprint density at radius 2 is 0.983 bits per heavy atom. The number of carbonyl (C=O) groups is 2. The van der Waals surface area contributed by atoms with Crippen LogP contribution in [0.25, 0.3) is 0 Å². The van der Waals surface area contributed by atoms with E-state index in [-0.39, 0.29) is 33.5 Å². The summed E-state index contributed by atoms with van der Waals surface area (Å²) in [6.07, 6.45) is 37.8. The predicted molar refractivity (Wildman–Crippen MR) is 226 cm³/mol. The number of halogens is 4. The number of nitrogens with one attached hydrogen (secondary N) is 2. The Kier molecular flexibility index (Phi) is 24.9. The van der Waals surface area contributed by atoms with Crippen LogP contribution in [0.15, 0.2) is 60.7 Å². The van der Waals surface area contributed by atoms with Gasteiger partial charge in [0.25, 0.3) is 0 Å². The zero-order valence-electron chi connectivity index (χ0n) is 35.9. The molecule has 4 aliphatic rings. The van der Waals surface area contributed by atoms with Crippen molar-refractivity contribution >= 4 is 11.8 Å². The van der Waals surface area contributed by atoms with Gasteiger partial charge in [0.05, 0.1) is 0 Å². The number of hydrogen-bond donors (Lipinski definition) is 2. The van der Waals surface area contributed by atoms with Crippen molar-refractivity contribution in [1.29, 1.82) is 0 Å². The number of rotatable bonds is 14. The first-order chi connectivity index (χ1) is 27.8. The molecule has 2 aromatic carbocycles. The molecule has 2 N–H and O–H groups in total. The van der Waals surface area contributed by atoms with Gasteiger partial charge >= 0.3 is 21.7 Å². The van der Waals surface area contributed by atoms with Gasteiger partial charge in [-0.1, -0.05) is 105 Å². The number of allylic oxidation sites excluding steroid dienone is 8. The van der Waals surface area contributed by atoms with Crippen LogP contribution in [0.4, 0.5) is 17.6 Å². The monoisotopic (exact) mass is 850 g/mol. The van der Waals surface area contributed by atoms with Crippen LogP contribution < -0.4 is 10.6 Å². The van der Waals surface area contributed by atoms with E-state index in [1.165, 1.54) is 88.5 Å². The molecule has 320 valence electrons. The van der Waals surface area contributed by atoms with Crippen LogP contribution in [0.1, 0.15) is 142 Å². The number of amides is 2. The zero-order valence-corrected chi connectivity index (χ0v) is 37.5. The third kappa shape index (κ3) is 21.2. The van der Waals surface area contributed by atoms with Crippen LogP contribution >= 0.6 is 0 Å². The average Bonchev–Trinajstić information content (AvgIpc) is 4.00. The first-order valence-corrected chi connectivity index (χ1v) is 21.5. The number of benzene rings is 2. The molecular formula is C50H66F4N2O2Ti. The van der Waals surface area contributed by atoms with Crippen LogP contribution in [-0.2, 0) is 44.1 Å². The Balaban J connectivity index is 0.000000323. The smallest absolute Gasteiger partial charge is 0.356 e. The maximum atomic E-state index is 13.5. The molecular weight excluding hydrogens is 784 g/mol. The second kappa shape index (κ2) is 28.3. The molecule has 0 saturated heterocycles. The van der Waals surface area contributed by atoms with Crippen molar-refractivity contribution in [1.82, 2.24) is 10.6 Å². The molecule has 59 heavy (non-hydrogen) atoms. The molecule has 0 unspecified atom stereocenters. The predicted octanol–water partition coefficient (Wildman–Crippen LogP) is 12.2. The summed E-state index contributed by atoms with van der Waals surface area (Å²) in [5.74, 6) is -1.24. The third-order valence-corrected chi connectivity index (χ3v) is 11.4. The molecule has 0 radical (unpaired) electrons. The van der Waals surface area contributed by atoms with Crippen LogP contribution in [0.5, 0.6) is 0 Å². The standard InChI is InChI=1S/2C20H28F2NO.2C5H5.Ti/c2*1-20(2,12-10-15-6-4-3-5-7-15)19(24)23-13-11-16-8-9-17(21)14-18(16)22;2*1-2-4-5-3-1;/h2*8-9,15H,3-7,10-13H2,1-2H3,(H,23,24);2*1-3H,4H2;/q4*-1;+4. The zero-order chi connectivity index (χ0) is 42.2. The van der Waals surface area contributed by atoms with E-state index in [2.05, 4.69) is 34.9 Å². The van der Waals surface area contributed by atoms with Crippen molar-refractivity contribution in [2.45, 2.75) is 143 Å². The van der Waals surface area contributed by atoms with Crippen molar-refractivity contribution in [3.8, 4) is 0 Å². The van der Waals surface area contributed by atoms with Gasteiger partial charge in [0.15, 0.2) is 0 Å². The summed E-state index contributed by atoms with van der Waals surface area (Å²) < 4.78 is 52.7. The molecule has 0 aromatic heterocycles. The maximum absolute atomic E-state index is 13.5. The molecule has 6 rings (SSSR count). The van der Waals surface area contributed by atoms with Gasteiger partial charge in [-0.15, -0.1) is 48.2 Å². The first kappa shape index (κ1) is 51.9. The molecule has 2 fully saturated rings. The van der Waals surface area contributed by atoms with Gasteiger partial charge < -0.3 is 10.6 Å². The minimum absolute atomic E-state index is 0. The minimum atomic E-state index is -0.705. The fraction of sp³-hybridized carbons (Fsp3) is 0.560. The van der Waals surface area contributed by atoms with Crippen LogP contribution in [-0.4, -0.2) is 24.9 Å². The number of hydrogen-bond acceptors (Lipinski definition) is 2. The van der Waals surface area contributed by atoms with Crippen molar-refractivity contribution < 1.29 is 48.9 Å². The van der Waals surface area contributed by atoms with Gasteiger partial charge in [0.1, 0.15) is 0 Å². The Morgan fingerprint density at radius 3 is 1.27 bits per heavy atom. The number of carbonyl (C=O) groups excluding carboxylic acids is 2. The quantitative estimate of drug-likeness (QED) is 0.113. The molecule has 0 atom stereocenters. The average molecular weight is 851 g/mol. The molecule has 0 aliphatic heterocycles. The van der Waals surface area contributed by atoms with Gasteiger partial charge in [-0.05, 0) is 37.5 Å². The minimum Gasteiger partial charge on any atom is -0.356 e. The van der Waals surface area contributed by atoms with Crippen molar-refractivity contribution in [3.05, 3.63) is 119 Å². The van der Waals surface area contributed by atoms with Gasteiger partial charge in [0, 0.05) is 47.2 Å².